The Morgan fingerprint density at radius 1 is 1.12 bits per heavy atom. The Morgan fingerprint density at radius 3 is 2.32 bits per heavy atom. The Kier molecular flexibility index (Phi) is 5.26. The number of ether oxygens (including phenoxy) is 2. The first-order valence-corrected chi connectivity index (χ1v) is 7.69. The molecule has 1 aromatic heterocycles. The van der Waals surface area contributed by atoms with Gasteiger partial charge in [0, 0.05) is 17.4 Å². The Morgan fingerprint density at radius 2 is 1.76 bits per heavy atom. The van der Waals surface area contributed by atoms with Crippen molar-refractivity contribution in [3.8, 4) is 11.5 Å². The summed E-state index contributed by atoms with van der Waals surface area (Å²) in [7, 11) is 0. The third kappa shape index (κ3) is 5.20. The zero-order valence-electron chi connectivity index (χ0n) is 14.6. The van der Waals surface area contributed by atoms with E-state index < -0.39 is 17.6 Å². The van der Waals surface area contributed by atoms with Gasteiger partial charge in [-0.05, 0) is 58.0 Å². The van der Waals surface area contributed by atoms with Crippen LogP contribution in [0, 0.1) is 6.92 Å². The molecule has 7 nitrogen and oxygen atoms in total. The first-order valence-electron chi connectivity index (χ1n) is 7.69. The second-order valence-electron chi connectivity index (χ2n) is 6.40. The van der Waals surface area contributed by atoms with E-state index in [0.717, 1.165) is 0 Å². The molecule has 0 radical (unpaired) electrons. The number of pyridine rings is 1. The normalized spacial score (nSPS) is 10.9. The van der Waals surface area contributed by atoms with E-state index in [9.17, 15) is 9.59 Å². The van der Waals surface area contributed by atoms with E-state index >= 15 is 0 Å². The van der Waals surface area contributed by atoms with Gasteiger partial charge in [-0.1, -0.05) is 0 Å². The molecule has 0 fully saturated rings. The Labute approximate surface area is 146 Å². The van der Waals surface area contributed by atoms with Gasteiger partial charge in [-0.2, -0.15) is 0 Å². The van der Waals surface area contributed by atoms with E-state index in [1.165, 1.54) is 6.20 Å². The number of nitrogens with zero attached hydrogens (tertiary/aromatic N) is 1. The quantitative estimate of drug-likeness (QED) is 0.882. The molecule has 2 amide bonds. The highest BCUT2D eigenvalue weighted by Gasteiger charge is 2.16. The molecule has 0 unspecified atom stereocenters. The number of carbonyl (C=O) groups excluding carboxylic acids is 2. The van der Waals surface area contributed by atoms with E-state index in [-0.39, 0.29) is 5.69 Å². The number of carbonyl (C=O) groups is 2. The van der Waals surface area contributed by atoms with Gasteiger partial charge in [0.2, 0.25) is 0 Å². The van der Waals surface area contributed by atoms with E-state index in [1.54, 1.807) is 58.0 Å². The van der Waals surface area contributed by atoms with Crippen LogP contribution in [0.1, 0.15) is 36.8 Å². The maximum atomic E-state index is 11.7. The maximum absolute atomic E-state index is 11.7. The SMILES string of the molecule is Cc1c(Oc2ccc(NC(=O)OC(C)(C)C)cc2)ccnc1C(N)=O. The molecule has 0 aliphatic heterocycles. The van der Waals surface area contributed by atoms with Crippen molar-refractivity contribution >= 4 is 17.7 Å². The highest BCUT2D eigenvalue weighted by Crippen LogP contribution is 2.27. The number of anilines is 1. The molecule has 0 saturated heterocycles. The second-order valence-corrected chi connectivity index (χ2v) is 6.40. The van der Waals surface area contributed by atoms with E-state index in [0.29, 0.717) is 22.7 Å². The summed E-state index contributed by atoms with van der Waals surface area (Å²) < 4.78 is 10.9. The predicted molar refractivity (Wildman–Crippen MR) is 93.9 cm³/mol. The van der Waals surface area contributed by atoms with Crippen molar-refractivity contribution in [3.05, 3.63) is 47.8 Å². The summed E-state index contributed by atoms with van der Waals surface area (Å²) in [5.41, 5.74) is 6.02. The molecule has 0 saturated carbocycles. The summed E-state index contributed by atoms with van der Waals surface area (Å²) >= 11 is 0. The van der Waals surface area contributed by atoms with Crippen molar-refractivity contribution in [2.24, 2.45) is 5.73 Å². The van der Waals surface area contributed by atoms with Crippen molar-refractivity contribution in [1.29, 1.82) is 0 Å². The molecule has 0 aliphatic carbocycles. The van der Waals surface area contributed by atoms with Gasteiger partial charge in [0.05, 0.1) is 0 Å². The van der Waals surface area contributed by atoms with Crippen LogP contribution in [-0.2, 0) is 4.74 Å². The topological polar surface area (TPSA) is 104 Å². The fraction of sp³-hybridized carbons (Fsp3) is 0.278. The highest BCUT2D eigenvalue weighted by atomic mass is 16.6. The standard InChI is InChI=1S/C18H21N3O4/c1-11-14(9-10-20-15(11)16(19)22)24-13-7-5-12(6-8-13)21-17(23)25-18(2,3)4/h5-10H,1-4H3,(H2,19,22)(H,21,23). The van der Waals surface area contributed by atoms with Crippen LogP contribution in [0.5, 0.6) is 11.5 Å². The summed E-state index contributed by atoms with van der Waals surface area (Å²) in [4.78, 5) is 27.0. The second kappa shape index (κ2) is 7.21. The molecule has 2 aromatic rings. The van der Waals surface area contributed by atoms with Crippen molar-refractivity contribution < 1.29 is 19.1 Å². The minimum atomic E-state index is -0.611. The lowest BCUT2D eigenvalue weighted by atomic mass is 10.2. The summed E-state index contributed by atoms with van der Waals surface area (Å²) in [5.74, 6) is 0.413. The number of hydrogen-bond donors (Lipinski definition) is 2. The van der Waals surface area contributed by atoms with Crippen molar-refractivity contribution in [2.75, 3.05) is 5.32 Å². The van der Waals surface area contributed by atoms with Crippen molar-refractivity contribution in [1.82, 2.24) is 4.98 Å². The summed E-state index contributed by atoms with van der Waals surface area (Å²) in [5, 5.41) is 2.64. The molecule has 1 aromatic carbocycles. The largest absolute Gasteiger partial charge is 0.457 e. The fourth-order valence-electron chi connectivity index (χ4n) is 2.03. The molecule has 2 rings (SSSR count). The first-order chi connectivity index (χ1) is 11.7. The van der Waals surface area contributed by atoms with Gasteiger partial charge in [-0.25, -0.2) is 4.79 Å². The van der Waals surface area contributed by atoms with Crippen LogP contribution in [0.15, 0.2) is 36.5 Å². The fourth-order valence-corrected chi connectivity index (χ4v) is 2.03. The van der Waals surface area contributed by atoms with Crippen LogP contribution in [0.2, 0.25) is 0 Å². The minimum Gasteiger partial charge on any atom is -0.457 e. The van der Waals surface area contributed by atoms with Gasteiger partial charge in [-0.15, -0.1) is 0 Å². The van der Waals surface area contributed by atoms with Crippen LogP contribution in [0.3, 0.4) is 0 Å². The number of primary amides is 1. The number of nitrogens with two attached hydrogens (primary N) is 1. The first kappa shape index (κ1) is 18.3. The number of nitrogens with one attached hydrogen (secondary N) is 1. The minimum absolute atomic E-state index is 0.167. The highest BCUT2D eigenvalue weighted by molar-refractivity contribution is 5.92. The maximum Gasteiger partial charge on any atom is 0.412 e. The summed E-state index contributed by atoms with van der Waals surface area (Å²) in [6.45, 7) is 7.09. The predicted octanol–water partition coefficient (Wildman–Crippen LogP) is 3.63. The third-order valence-corrected chi connectivity index (χ3v) is 3.12. The van der Waals surface area contributed by atoms with Gasteiger partial charge < -0.3 is 15.2 Å². The van der Waals surface area contributed by atoms with E-state index in [4.69, 9.17) is 15.2 Å². The van der Waals surface area contributed by atoms with E-state index in [1.807, 2.05) is 0 Å². The zero-order valence-corrected chi connectivity index (χ0v) is 14.6. The summed E-state index contributed by atoms with van der Waals surface area (Å²) in [6.07, 6.45) is 0.929. The van der Waals surface area contributed by atoms with Crippen LogP contribution >= 0.6 is 0 Å². The molecule has 0 bridgehead atoms. The Balaban J connectivity index is 2.07. The molecule has 0 atom stereocenters. The molecule has 3 N–H and O–H groups in total. The Hall–Kier alpha value is -3.09. The molecule has 25 heavy (non-hydrogen) atoms. The van der Waals surface area contributed by atoms with Crippen LogP contribution < -0.4 is 15.8 Å². The van der Waals surface area contributed by atoms with E-state index in [2.05, 4.69) is 10.3 Å². The lowest BCUT2D eigenvalue weighted by Crippen LogP contribution is -2.27. The average Bonchev–Trinajstić information content (AvgIpc) is 2.49. The monoisotopic (exact) mass is 343 g/mol. The lowest BCUT2D eigenvalue weighted by molar-refractivity contribution is 0.0635. The van der Waals surface area contributed by atoms with Crippen LogP contribution in [0.4, 0.5) is 10.5 Å². The number of hydrogen-bond acceptors (Lipinski definition) is 5. The lowest BCUT2D eigenvalue weighted by Gasteiger charge is -2.19. The van der Waals surface area contributed by atoms with Crippen LogP contribution in [-0.4, -0.2) is 22.6 Å². The number of aromatic nitrogens is 1. The van der Waals surface area contributed by atoms with Gasteiger partial charge in [0.25, 0.3) is 5.91 Å². The number of rotatable bonds is 4. The molecule has 7 heteroatoms. The van der Waals surface area contributed by atoms with Gasteiger partial charge >= 0.3 is 6.09 Å². The smallest absolute Gasteiger partial charge is 0.412 e. The van der Waals surface area contributed by atoms with Gasteiger partial charge in [0.1, 0.15) is 22.8 Å². The van der Waals surface area contributed by atoms with Gasteiger partial charge in [0.15, 0.2) is 0 Å². The molecule has 1 heterocycles. The van der Waals surface area contributed by atoms with Crippen LogP contribution in [0.25, 0.3) is 0 Å². The molecule has 0 spiro atoms. The van der Waals surface area contributed by atoms with Crippen molar-refractivity contribution in [2.45, 2.75) is 33.3 Å². The third-order valence-electron chi connectivity index (χ3n) is 3.12. The zero-order chi connectivity index (χ0) is 18.6. The molecular weight excluding hydrogens is 322 g/mol. The molecular formula is C18H21N3O4. The number of amides is 2. The Bertz CT molecular complexity index is 780. The molecule has 0 aliphatic rings. The van der Waals surface area contributed by atoms with Gasteiger partial charge in [-0.3, -0.25) is 15.1 Å². The average molecular weight is 343 g/mol. The number of benzene rings is 1. The summed E-state index contributed by atoms with van der Waals surface area (Å²) in [6, 6.07) is 8.40. The van der Waals surface area contributed by atoms with Crippen molar-refractivity contribution in [3.63, 3.8) is 0 Å². The molecule has 132 valence electrons.